The van der Waals surface area contributed by atoms with Gasteiger partial charge in [0, 0.05) is 11.5 Å². The van der Waals surface area contributed by atoms with E-state index in [0.717, 1.165) is 16.3 Å². The minimum atomic E-state index is -0.857. The summed E-state index contributed by atoms with van der Waals surface area (Å²) in [6, 6.07) is 16.1. The highest BCUT2D eigenvalue weighted by molar-refractivity contribution is 6.08. The number of para-hydroxylation sites is 1. The molecule has 2 aromatic carbocycles. The van der Waals surface area contributed by atoms with E-state index in [1.165, 1.54) is 6.07 Å². The van der Waals surface area contributed by atoms with Gasteiger partial charge in [0.1, 0.15) is 11.1 Å². The van der Waals surface area contributed by atoms with Crippen molar-refractivity contribution >= 4 is 28.5 Å². The van der Waals surface area contributed by atoms with E-state index in [1.54, 1.807) is 55.5 Å². The summed E-state index contributed by atoms with van der Waals surface area (Å²) in [4.78, 5) is 50.5. The summed E-state index contributed by atoms with van der Waals surface area (Å²) < 4.78 is 11.3. The third-order valence-corrected chi connectivity index (χ3v) is 4.81. The van der Waals surface area contributed by atoms with Gasteiger partial charge in [-0.1, -0.05) is 35.9 Å². The van der Waals surface area contributed by atoms with Crippen LogP contribution in [-0.4, -0.2) is 28.3 Å². The van der Waals surface area contributed by atoms with Crippen molar-refractivity contribution in [3.8, 4) is 5.69 Å². The maximum atomic E-state index is 12.9. The molecule has 166 valence electrons. The second-order valence-corrected chi connectivity index (χ2v) is 7.15. The molecule has 0 aliphatic heterocycles. The first-order valence-corrected chi connectivity index (χ1v) is 10.1. The van der Waals surface area contributed by atoms with Crippen LogP contribution in [0, 0.1) is 6.92 Å². The van der Waals surface area contributed by atoms with E-state index in [4.69, 9.17) is 9.15 Å². The highest BCUT2D eigenvalue weighted by Gasteiger charge is 2.22. The molecule has 0 saturated heterocycles. The third-order valence-electron chi connectivity index (χ3n) is 4.81. The van der Waals surface area contributed by atoms with Gasteiger partial charge >= 0.3 is 11.6 Å². The number of benzene rings is 2. The summed E-state index contributed by atoms with van der Waals surface area (Å²) >= 11 is 0. The van der Waals surface area contributed by atoms with Crippen molar-refractivity contribution in [2.75, 3.05) is 11.9 Å². The average molecular weight is 445 g/mol. The molecule has 1 N–H and O–H groups in total. The first kappa shape index (κ1) is 21.7. The Bertz CT molecular complexity index is 1490. The first-order chi connectivity index (χ1) is 15.9. The van der Waals surface area contributed by atoms with Crippen LogP contribution in [0.1, 0.15) is 33.3 Å². The maximum absolute atomic E-state index is 12.9. The molecule has 9 heteroatoms. The quantitative estimate of drug-likeness (QED) is 0.370. The lowest BCUT2D eigenvalue weighted by Crippen LogP contribution is -2.28. The molecule has 0 saturated carbocycles. The van der Waals surface area contributed by atoms with Crippen LogP contribution in [0.25, 0.3) is 16.7 Å². The number of ether oxygens (including phenoxy) is 1. The smallest absolute Gasteiger partial charge is 0.360 e. The van der Waals surface area contributed by atoms with Gasteiger partial charge in [-0.25, -0.2) is 9.59 Å². The van der Waals surface area contributed by atoms with Crippen LogP contribution in [0.5, 0.6) is 0 Å². The normalized spacial score (nSPS) is 10.7. The van der Waals surface area contributed by atoms with Crippen molar-refractivity contribution in [1.82, 2.24) is 9.78 Å². The summed E-state index contributed by atoms with van der Waals surface area (Å²) in [5.74, 6) is -1.69. The Labute approximate surface area is 187 Å². The number of carbonyl (C=O) groups excluding carboxylic acids is 2. The molecule has 0 radical (unpaired) electrons. The molecule has 0 fully saturated rings. The molecule has 33 heavy (non-hydrogen) atoms. The molecule has 2 heterocycles. The van der Waals surface area contributed by atoms with Crippen LogP contribution in [0.15, 0.2) is 74.7 Å². The van der Waals surface area contributed by atoms with Crippen LogP contribution in [0.2, 0.25) is 0 Å². The van der Waals surface area contributed by atoms with E-state index in [0.29, 0.717) is 16.7 Å². The second-order valence-electron chi connectivity index (χ2n) is 7.15. The molecule has 0 atom stereocenters. The molecule has 4 rings (SSSR count). The van der Waals surface area contributed by atoms with E-state index < -0.39 is 23.1 Å². The predicted octanol–water partition coefficient (Wildman–Crippen LogP) is 3.08. The van der Waals surface area contributed by atoms with Crippen molar-refractivity contribution in [1.29, 1.82) is 0 Å². The van der Waals surface area contributed by atoms with Gasteiger partial charge in [-0.15, -0.1) is 0 Å². The standard InChI is InChI=1S/C24H19N3O6/c1-3-32-24(31)21-18(13-20(28)27(26-21)16-10-8-14(2)9-11-16)25-22(29)17-12-15-6-4-5-7-19(15)33-23(17)30/h4-13H,3H2,1-2H3,(H,25,29). The minimum absolute atomic E-state index is 0.0613. The summed E-state index contributed by atoms with van der Waals surface area (Å²) in [7, 11) is 0. The van der Waals surface area contributed by atoms with Crippen molar-refractivity contribution in [2.45, 2.75) is 13.8 Å². The number of hydrogen-bond acceptors (Lipinski definition) is 7. The Balaban J connectivity index is 1.77. The zero-order valence-electron chi connectivity index (χ0n) is 17.8. The second kappa shape index (κ2) is 8.91. The lowest BCUT2D eigenvalue weighted by Gasteiger charge is -2.12. The van der Waals surface area contributed by atoms with Crippen LogP contribution < -0.4 is 16.5 Å². The van der Waals surface area contributed by atoms with Crippen molar-refractivity contribution in [3.05, 3.63) is 98.3 Å². The number of rotatable bonds is 5. The van der Waals surface area contributed by atoms with Gasteiger partial charge in [0.25, 0.3) is 11.5 Å². The van der Waals surface area contributed by atoms with Crippen LogP contribution >= 0.6 is 0 Å². The molecule has 0 spiro atoms. The van der Waals surface area contributed by atoms with Crippen molar-refractivity contribution in [3.63, 3.8) is 0 Å². The molecule has 1 amide bonds. The monoisotopic (exact) mass is 445 g/mol. The van der Waals surface area contributed by atoms with Crippen molar-refractivity contribution in [2.24, 2.45) is 0 Å². The van der Waals surface area contributed by atoms with E-state index >= 15 is 0 Å². The summed E-state index contributed by atoms with van der Waals surface area (Å²) in [5.41, 5.74) is -0.452. The minimum Gasteiger partial charge on any atom is -0.461 e. The van der Waals surface area contributed by atoms with Gasteiger partial charge in [-0.3, -0.25) is 9.59 Å². The number of aromatic nitrogens is 2. The Morgan fingerprint density at radius 3 is 2.52 bits per heavy atom. The lowest BCUT2D eigenvalue weighted by atomic mass is 10.1. The van der Waals surface area contributed by atoms with Crippen LogP contribution in [0.3, 0.4) is 0 Å². The average Bonchev–Trinajstić information content (AvgIpc) is 2.79. The van der Waals surface area contributed by atoms with Crippen LogP contribution in [-0.2, 0) is 4.74 Å². The van der Waals surface area contributed by atoms with Gasteiger partial charge in [-0.05, 0) is 38.1 Å². The first-order valence-electron chi connectivity index (χ1n) is 10.1. The van der Waals surface area contributed by atoms with Gasteiger partial charge < -0.3 is 14.5 Å². The van der Waals surface area contributed by atoms with Gasteiger partial charge in [0.15, 0.2) is 5.69 Å². The molecule has 0 unspecified atom stereocenters. The van der Waals surface area contributed by atoms with E-state index in [-0.39, 0.29) is 23.6 Å². The Morgan fingerprint density at radius 2 is 1.79 bits per heavy atom. The molecule has 2 aromatic heterocycles. The Hall–Kier alpha value is -4.53. The molecular formula is C24H19N3O6. The topological polar surface area (TPSA) is 120 Å². The number of amides is 1. The number of esters is 1. The highest BCUT2D eigenvalue weighted by atomic mass is 16.5. The highest BCUT2D eigenvalue weighted by Crippen LogP contribution is 2.17. The summed E-state index contributed by atoms with van der Waals surface area (Å²) in [5, 5.41) is 7.09. The molecule has 0 aliphatic rings. The number of anilines is 1. The maximum Gasteiger partial charge on any atom is 0.360 e. The zero-order valence-corrected chi connectivity index (χ0v) is 17.8. The largest absolute Gasteiger partial charge is 0.461 e. The summed E-state index contributed by atoms with van der Waals surface area (Å²) in [6.45, 7) is 3.57. The Kier molecular flexibility index (Phi) is 5.86. The zero-order chi connectivity index (χ0) is 23.5. The fourth-order valence-corrected chi connectivity index (χ4v) is 3.18. The number of nitrogens with one attached hydrogen (secondary N) is 1. The lowest BCUT2D eigenvalue weighted by molar-refractivity contribution is 0.0518. The summed E-state index contributed by atoms with van der Waals surface area (Å²) in [6.07, 6.45) is 0. The molecule has 4 aromatic rings. The van der Waals surface area contributed by atoms with Gasteiger partial charge in [-0.2, -0.15) is 9.78 Å². The van der Waals surface area contributed by atoms with Crippen LogP contribution in [0.4, 0.5) is 5.69 Å². The van der Waals surface area contributed by atoms with Gasteiger partial charge in [0.05, 0.1) is 18.0 Å². The Morgan fingerprint density at radius 1 is 1.06 bits per heavy atom. The molecule has 9 nitrogen and oxygen atoms in total. The van der Waals surface area contributed by atoms with Gasteiger partial charge in [0.2, 0.25) is 0 Å². The van der Waals surface area contributed by atoms with E-state index in [2.05, 4.69) is 10.4 Å². The number of carbonyl (C=O) groups is 2. The SMILES string of the molecule is CCOC(=O)c1nn(-c2ccc(C)cc2)c(=O)cc1NC(=O)c1cc2ccccc2oc1=O. The third kappa shape index (κ3) is 4.42. The molecular weight excluding hydrogens is 426 g/mol. The fraction of sp³-hybridized carbons (Fsp3) is 0.125. The number of hydrogen-bond donors (Lipinski definition) is 1. The van der Waals surface area contributed by atoms with E-state index in [1.807, 2.05) is 6.92 Å². The number of fused-ring (bicyclic) bond motifs is 1. The molecule has 0 bridgehead atoms. The predicted molar refractivity (Wildman–Crippen MR) is 121 cm³/mol. The molecule has 0 aliphatic carbocycles. The fourth-order valence-electron chi connectivity index (χ4n) is 3.18. The number of aryl methyl sites for hydroxylation is 1. The number of nitrogens with zero attached hydrogens (tertiary/aromatic N) is 2. The van der Waals surface area contributed by atoms with E-state index in [9.17, 15) is 19.2 Å². The van der Waals surface area contributed by atoms with Crippen molar-refractivity contribution < 1.29 is 18.7 Å².